The van der Waals surface area contributed by atoms with Gasteiger partial charge in [-0.2, -0.15) is 0 Å². The van der Waals surface area contributed by atoms with Gasteiger partial charge in [0.1, 0.15) is 5.82 Å². The molecule has 0 unspecified atom stereocenters. The molecule has 0 saturated carbocycles. The Labute approximate surface area is 187 Å². The fourth-order valence-electron chi connectivity index (χ4n) is 3.05. The Morgan fingerprint density at radius 1 is 1.00 bits per heavy atom. The van der Waals surface area contributed by atoms with Gasteiger partial charge in [-0.25, -0.2) is 9.78 Å². The van der Waals surface area contributed by atoms with Crippen molar-refractivity contribution < 1.29 is 9.59 Å². The van der Waals surface area contributed by atoms with Gasteiger partial charge in [0.05, 0.1) is 6.42 Å². The predicted octanol–water partition coefficient (Wildman–Crippen LogP) is 4.00. The van der Waals surface area contributed by atoms with Gasteiger partial charge in [-0.05, 0) is 43.7 Å². The molecule has 32 heavy (non-hydrogen) atoms. The molecule has 0 aliphatic heterocycles. The van der Waals surface area contributed by atoms with Crippen molar-refractivity contribution in [2.24, 2.45) is 5.73 Å². The number of urea groups is 1. The highest BCUT2D eigenvalue weighted by Crippen LogP contribution is 2.23. The summed E-state index contributed by atoms with van der Waals surface area (Å²) in [7, 11) is 0. The maximum Gasteiger partial charge on any atom is 0.319 e. The largest absolute Gasteiger partial charge is 0.381 e. The molecule has 0 bridgehead atoms. The number of carbonyl (C=O) groups is 2. The molecule has 3 amide bonds. The quantitative estimate of drug-likeness (QED) is 0.350. The molecule has 8 nitrogen and oxygen atoms in total. The first-order valence-corrected chi connectivity index (χ1v) is 10.4. The second-order valence-electron chi connectivity index (χ2n) is 7.66. The number of amides is 3. The minimum atomic E-state index is -0.417. The highest BCUT2D eigenvalue weighted by atomic mass is 16.2. The molecule has 2 aromatic carbocycles. The molecule has 6 N–H and O–H groups in total. The third-order valence-electron chi connectivity index (χ3n) is 4.51. The fourth-order valence-corrected chi connectivity index (χ4v) is 3.05. The average molecular weight is 433 g/mol. The monoisotopic (exact) mass is 432 g/mol. The van der Waals surface area contributed by atoms with Crippen LogP contribution in [0.3, 0.4) is 0 Å². The number of anilines is 4. The lowest BCUT2D eigenvalue weighted by atomic mass is 10.1. The van der Waals surface area contributed by atoms with Crippen molar-refractivity contribution in [1.82, 2.24) is 10.3 Å². The normalized spacial score (nSPS) is 10.5. The summed E-state index contributed by atoms with van der Waals surface area (Å²) in [6.45, 7) is 4.41. The smallest absolute Gasteiger partial charge is 0.319 e. The molecule has 0 aliphatic carbocycles. The number of hydrogen-bond donors (Lipinski definition) is 5. The maximum absolute atomic E-state index is 11.8. The fraction of sp³-hybridized carbons (Fsp3) is 0.208. The van der Waals surface area contributed by atoms with Crippen LogP contribution in [-0.2, 0) is 17.8 Å². The summed E-state index contributed by atoms with van der Waals surface area (Å²) in [6.07, 6.45) is 1.75. The van der Waals surface area contributed by atoms with Crippen LogP contribution in [0.2, 0.25) is 0 Å². The van der Waals surface area contributed by atoms with E-state index < -0.39 is 5.91 Å². The number of pyridine rings is 1. The van der Waals surface area contributed by atoms with Crippen LogP contribution in [0.5, 0.6) is 0 Å². The molecule has 166 valence electrons. The van der Waals surface area contributed by atoms with Crippen molar-refractivity contribution in [3.05, 3.63) is 78.0 Å². The number of nitrogens with one attached hydrogen (secondary N) is 4. The SMILES string of the molecule is CC(C)NC(=O)Nc1ccc(Nc2cc(NCc3ccccc3)c(CC(N)=O)cn2)cc1. The van der Waals surface area contributed by atoms with Gasteiger partial charge >= 0.3 is 6.03 Å². The van der Waals surface area contributed by atoms with E-state index in [1.807, 2.05) is 62.4 Å². The van der Waals surface area contributed by atoms with Crippen molar-refractivity contribution in [2.45, 2.75) is 32.9 Å². The van der Waals surface area contributed by atoms with E-state index in [9.17, 15) is 9.59 Å². The Balaban J connectivity index is 1.70. The molecule has 0 atom stereocenters. The average Bonchev–Trinajstić information content (AvgIpc) is 2.75. The van der Waals surface area contributed by atoms with Gasteiger partial charge in [-0.3, -0.25) is 4.79 Å². The van der Waals surface area contributed by atoms with Crippen LogP contribution in [0.25, 0.3) is 0 Å². The van der Waals surface area contributed by atoms with E-state index in [2.05, 4.69) is 26.3 Å². The molecule has 0 radical (unpaired) electrons. The summed E-state index contributed by atoms with van der Waals surface area (Å²) < 4.78 is 0. The number of benzene rings is 2. The number of primary amides is 1. The standard InChI is InChI=1S/C24H28N6O2/c1-16(2)28-24(32)30-20-10-8-19(9-11-20)29-23-13-21(18(15-27-23)12-22(25)31)26-14-17-6-4-3-5-7-17/h3-11,13,15-16H,12,14H2,1-2H3,(H2,25,31)(H2,26,27,29)(H2,28,30,32). The number of carbonyl (C=O) groups excluding carboxylic acids is 2. The molecular formula is C24H28N6O2. The molecule has 0 saturated heterocycles. The van der Waals surface area contributed by atoms with Crippen LogP contribution in [0.1, 0.15) is 25.0 Å². The highest BCUT2D eigenvalue weighted by Gasteiger charge is 2.09. The molecule has 0 spiro atoms. The van der Waals surface area contributed by atoms with Gasteiger partial charge in [0.25, 0.3) is 0 Å². The topological polar surface area (TPSA) is 121 Å². The van der Waals surface area contributed by atoms with E-state index in [0.29, 0.717) is 18.1 Å². The third kappa shape index (κ3) is 7.02. The summed E-state index contributed by atoms with van der Waals surface area (Å²) in [6, 6.07) is 18.9. The second-order valence-corrected chi connectivity index (χ2v) is 7.66. The van der Waals surface area contributed by atoms with Gasteiger partial charge in [0.15, 0.2) is 0 Å². The van der Waals surface area contributed by atoms with Gasteiger partial charge in [0, 0.05) is 47.5 Å². The van der Waals surface area contributed by atoms with Crippen molar-refractivity contribution in [1.29, 1.82) is 0 Å². The van der Waals surface area contributed by atoms with Crippen molar-refractivity contribution in [3.63, 3.8) is 0 Å². The van der Waals surface area contributed by atoms with Crippen LogP contribution in [0, 0.1) is 0 Å². The number of nitrogens with two attached hydrogens (primary N) is 1. The number of nitrogens with zero attached hydrogens (tertiary/aromatic N) is 1. The third-order valence-corrected chi connectivity index (χ3v) is 4.51. The van der Waals surface area contributed by atoms with E-state index in [1.54, 1.807) is 18.3 Å². The summed E-state index contributed by atoms with van der Waals surface area (Å²) in [5, 5.41) is 12.2. The van der Waals surface area contributed by atoms with Crippen molar-refractivity contribution >= 4 is 34.8 Å². The lowest BCUT2D eigenvalue weighted by Crippen LogP contribution is -2.34. The lowest BCUT2D eigenvalue weighted by molar-refractivity contribution is -0.117. The predicted molar refractivity (Wildman–Crippen MR) is 128 cm³/mol. The number of rotatable bonds is 9. The lowest BCUT2D eigenvalue weighted by Gasteiger charge is -2.14. The zero-order valence-corrected chi connectivity index (χ0v) is 18.2. The van der Waals surface area contributed by atoms with Crippen LogP contribution >= 0.6 is 0 Å². The molecular weight excluding hydrogens is 404 g/mol. The Kier molecular flexibility index (Phi) is 7.64. The van der Waals surface area contributed by atoms with Gasteiger partial charge in [-0.15, -0.1) is 0 Å². The Bertz CT molecular complexity index is 1050. The van der Waals surface area contributed by atoms with E-state index in [-0.39, 0.29) is 18.5 Å². The van der Waals surface area contributed by atoms with Crippen LogP contribution in [0.15, 0.2) is 66.9 Å². The van der Waals surface area contributed by atoms with E-state index in [0.717, 1.165) is 22.5 Å². The Morgan fingerprint density at radius 3 is 2.34 bits per heavy atom. The summed E-state index contributed by atoms with van der Waals surface area (Å²) in [5.41, 5.74) is 9.52. The summed E-state index contributed by atoms with van der Waals surface area (Å²) in [4.78, 5) is 27.7. The highest BCUT2D eigenvalue weighted by molar-refractivity contribution is 5.89. The zero-order chi connectivity index (χ0) is 22.9. The molecule has 8 heteroatoms. The molecule has 3 aromatic rings. The minimum absolute atomic E-state index is 0.0595. The zero-order valence-electron chi connectivity index (χ0n) is 18.2. The molecule has 0 aliphatic rings. The Hall–Kier alpha value is -4.07. The van der Waals surface area contributed by atoms with Crippen LogP contribution < -0.4 is 27.0 Å². The first kappa shape index (κ1) is 22.6. The van der Waals surface area contributed by atoms with Gasteiger partial charge < -0.3 is 27.0 Å². The molecule has 1 aromatic heterocycles. The maximum atomic E-state index is 11.8. The van der Waals surface area contributed by atoms with Crippen LogP contribution in [0.4, 0.5) is 27.7 Å². The van der Waals surface area contributed by atoms with Crippen molar-refractivity contribution in [3.8, 4) is 0 Å². The Morgan fingerprint density at radius 2 is 1.69 bits per heavy atom. The van der Waals surface area contributed by atoms with E-state index in [1.165, 1.54) is 0 Å². The summed E-state index contributed by atoms with van der Waals surface area (Å²) >= 11 is 0. The van der Waals surface area contributed by atoms with E-state index in [4.69, 9.17) is 5.73 Å². The molecule has 0 fully saturated rings. The van der Waals surface area contributed by atoms with Gasteiger partial charge in [-0.1, -0.05) is 30.3 Å². The van der Waals surface area contributed by atoms with Crippen molar-refractivity contribution in [2.75, 3.05) is 16.0 Å². The molecule has 1 heterocycles. The number of aromatic nitrogens is 1. The summed E-state index contributed by atoms with van der Waals surface area (Å²) in [5.74, 6) is 0.201. The minimum Gasteiger partial charge on any atom is -0.381 e. The van der Waals surface area contributed by atoms with Crippen LogP contribution in [-0.4, -0.2) is 23.0 Å². The first-order chi connectivity index (χ1) is 15.4. The molecule has 3 rings (SSSR count). The number of hydrogen-bond acceptors (Lipinski definition) is 5. The second kappa shape index (κ2) is 10.8. The van der Waals surface area contributed by atoms with Gasteiger partial charge in [0.2, 0.25) is 5.91 Å². The first-order valence-electron chi connectivity index (χ1n) is 10.4. The van der Waals surface area contributed by atoms with E-state index >= 15 is 0 Å².